The van der Waals surface area contributed by atoms with Crippen LogP contribution in [0.5, 0.6) is 5.75 Å². The highest BCUT2D eigenvalue weighted by Crippen LogP contribution is 2.38. The zero-order chi connectivity index (χ0) is 26.7. The second-order valence-electron chi connectivity index (χ2n) is 9.33. The van der Waals surface area contributed by atoms with Gasteiger partial charge in [-0.2, -0.15) is 8.78 Å². The number of nitrogens with one attached hydrogen (secondary N) is 1. The number of pyridine rings is 1. The topological polar surface area (TPSA) is 135 Å². The molecule has 0 unspecified atom stereocenters. The van der Waals surface area contributed by atoms with E-state index in [1.54, 1.807) is 18.2 Å². The second kappa shape index (κ2) is 10.7. The van der Waals surface area contributed by atoms with Gasteiger partial charge in [0, 0.05) is 25.1 Å². The quantitative estimate of drug-likeness (QED) is 0.336. The highest BCUT2D eigenvalue weighted by Gasteiger charge is 2.44. The Morgan fingerprint density at radius 1 is 1.14 bits per heavy atom. The van der Waals surface area contributed by atoms with Gasteiger partial charge in [-0.15, -0.1) is 0 Å². The molecule has 1 saturated carbocycles. The zero-order valence-electron chi connectivity index (χ0n) is 20.0. The third-order valence-electron chi connectivity index (χ3n) is 6.84. The molecule has 1 atom stereocenters. The number of nitrogens with zero attached hydrogens (tertiary/aromatic N) is 1. The number of alkyl halides is 2. The van der Waals surface area contributed by atoms with Crippen molar-refractivity contribution >= 4 is 15.7 Å². The van der Waals surface area contributed by atoms with Crippen molar-refractivity contribution in [3.63, 3.8) is 0 Å². The minimum atomic E-state index is -3.90. The lowest BCUT2D eigenvalue weighted by molar-refractivity contribution is -0.224. The molecule has 0 bridgehead atoms. The standard InChI is InChI=1S/C24H30F2N2O7S/c1-23(22(31)27-32,36(2,33)34)12-14-28-13-11-17(15-21(28)30)16-3-9-20(10-4-16)35-24(25,26)18-5-7-19(29)8-6-18/h3-4,9-11,13,15,18-19,29,32H,5-8,12,14H2,1-2H3,(H,27,31)/t18?,19?,23-/m1/s1. The molecule has 36 heavy (non-hydrogen) atoms. The van der Waals surface area contributed by atoms with Gasteiger partial charge in [-0.25, -0.2) is 13.9 Å². The van der Waals surface area contributed by atoms with Crippen molar-refractivity contribution in [3.8, 4) is 16.9 Å². The first kappa shape index (κ1) is 27.8. The zero-order valence-corrected chi connectivity index (χ0v) is 20.8. The number of hydrogen-bond acceptors (Lipinski definition) is 7. The van der Waals surface area contributed by atoms with Gasteiger partial charge in [0.1, 0.15) is 5.75 Å². The number of sulfone groups is 1. The van der Waals surface area contributed by atoms with E-state index in [4.69, 9.17) is 9.94 Å². The Balaban J connectivity index is 1.70. The molecule has 1 aliphatic rings. The van der Waals surface area contributed by atoms with Crippen LogP contribution in [0.25, 0.3) is 11.1 Å². The first-order valence-corrected chi connectivity index (χ1v) is 13.4. The van der Waals surface area contributed by atoms with Gasteiger partial charge in [-0.1, -0.05) is 12.1 Å². The molecule has 1 aliphatic carbocycles. The van der Waals surface area contributed by atoms with E-state index in [1.165, 1.54) is 34.4 Å². The number of rotatable bonds is 9. The first-order chi connectivity index (χ1) is 16.8. The summed E-state index contributed by atoms with van der Waals surface area (Å²) < 4.78 is 57.5. The summed E-state index contributed by atoms with van der Waals surface area (Å²) in [4.78, 5) is 24.5. The van der Waals surface area contributed by atoms with Crippen LogP contribution < -0.4 is 15.8 Å². The van der Waals surface area contributed by atoms with E-state index >= 15 is 0 Å². The summed E-state index contributed by atoms with van der Waals surface area (Å²) in [5.41, 5.74) is 1.99. The number of aliphatic hydroxyl groups excluding tert-OH is 1. The Morgan fingerprint density at radius 3 is 2.28 bits per heavy atom. The Labute approximate surface area is 207 Å². The summed E-state index contributed by atoms with van der Waals surface area (Å²) in [7, 11) is -3.90. The highest BCUT2D eigenvalue weighted by atomic mass is 32.2. The molecular weight excluding hydrogens is 498 g/mol. The largest absolute Gasteiger partial charge is 0.432 e. The molecular formula is C24H30F2N2O7S. The number of halogens is 2. The molecule has 0 aliphatic heterocycles. The maximum atomic E-state index is 14.5. The van der Waals surface area contributed by atoms with Crippen LogP contribution in [0.1, 0.15) is 39.0 Å². The van der Waals surface area contributed by atoms with Gasteiger partial charge >= 0.3 is 6.11 Å². The van der Waals surface area contributed by atoms with Crippen LogP contribution in [-0.4, -0.2) is 52.4 Å². The average molecular weight is 529 g/mol. The van der Waals surface area contributed by atoms with Crippen molar-refractivity contribution in [2.75, 3.05) is 6.26 Å². The summed E-state index contributed by atoms with van der Waals surface area (Å²) in [5.74, 6) is -2.09. The van der Waals surface area contributed by atoms with Crippen molar-refractivity contribution in [1.82, 2.24) is 10.0 Å². The second-order valence-corrected chi connectivity index (χ2v) is 11.8. The summed E-state index contributed by atoms with van der Waals surface area (Å²) in [6, 6.07) is 8.77. The molecule has 1 amide bonds. The number of aryl methyl sites for hydroxylation is 1. The Hall–Kier alpha value is -2.83. The Morgan fingerprint density at radius 2 is 1.75 bits per heavy atom. The molecule has 1 heterocycles. The van der Waals surface area contributed by atoms with Crippen LogP contribution >= 0.6 is 0 Å². The first-order valence-electron chi connectivity index (χ1n) is 11.5. The van der Waals surface area contributed by atoms with Gasteiger partial charge in [0.2, 0.25) is 0 Å². The summed E-state index contributed by atoms with van der Waals surface area (Å²) in [6.45, 7) is 1.06. The number of aliphatic hydroxyl groups is 1. The maximum Gasteiger partial charge on any atom is 0.400 e. The Kier molecular flexibility index (Phi) is 8.21. The molecule has 1 aromatic heterocycles. The van der Waals surface area contributed by atoms with Crippen LogP contribution in [-0.2, 0) is 21.2 Å². The lowest BCUT2D eigenvalue weighted by Gasteiger charge is -2.31. The molecule has 2 aromatic rings. The number of amides is 1. The van der Waals surface area contributed by atoms with E-state index in [0.29, 0.717) is 24.0 Å². The van der Waals surface area contributed by atoms with Crippen molar-refractivity contribution in [2.24, 2.45) is 5.92 Å². The molecule has 0 radical (unpaired) electrons. The lowest BCUT2D eigenvalue weighted by atomic mass is 9.86. The predicted octanol–water partition coefficient (Wildman–Crippen LogP) is 2.74. The van der Waals surface area contributed by atoms with Crippen molar-refractivity contribution in [2.45, 2.75) is 62.5 Å². The van der Waals surface area contributed by atoms with E-state index in [0.717, 1.165) is 13.2 Å². The van der Waals surface area contributed by atoms with Crippen LogP contribution in [0.2, 0.25) is 0 Å². The van der Waals surface area contributed by atoms with Gasteiger partial charge < -0.3 is 14.4 Å². The number of carbonyl (C=O) groups excluding carboxylic acids is 1. The van der Waals surface area contributed by atoms with E-state index in [9.17, 15) is 31.9 Å². The van der Waals surface area contributed by atoms with Gasteiger partial charge in [-0.3, -0.25) is 14.8 Å². The van der Waals surface area contributed by atoms with Crippen LogP contribution in [0.15, 0.2) is 47.4 Å². The number of ether oxygens (including phenoxy) is 1. The number of hydroxylamine groups is 1. The minimum absolute atomic E-state index is 0.0227. The smallest absolute Gasteiger partial charge is 0.400 e. The molecule has 0 saturated heterocycles. The number of benzene rings is 1. The van der Waals surface area contributed by atoms with Crippen molar-refractivity contribution in [1.29, 1.82) is 0 Å². The lowest BCUT2D eigenvalue weighted by Crippen LogP contribution is -2.49. The average Bonchev–Trinajstić information content (AvgIpc) is 2.82. The van der Waals surface area contributed by atoms with Gasteiger partial charge in [0.15, 0.2) is 14.6 Å². The fraction of sp³-hybridized carbons (Fsp3) is 0.500. The number of carbonyl (C=O) groups is 1. The predicted molar refractivity (Wildman–Crippen MR) is 127 cm³/mol. The van der Waals surface area contributed by atoms with Crippen molar-refractivity contribution < 1.29 is 37.0 Å². The monoisotopic (exact) mass is 528 g/mol. The SMILES string of the molecule is C[C@@](CCn1ccc(-c2ccc(OC(F)(F)C3CCC(O)CC3)cc2)cc1=O)(C(=O)NO)S(C)(=O)=O. The van der Waals surface area contributed by atoms with Crippen molar-refractivity contribution in [3.05, 3.63) is 52.9 Å². The third kappa shape index (κ3) is 6.11. The van der Waals surface area contributed by atoms with E-state index in [2.05, 4.69) is 0 Å². The summed E-state index contributed by atoms with van der Waals surface area (Å²) in [5, 5.41) is 18.4. The fourth-order valence-corrected chi connectivity index (χ4v) is 5.00. The fourth-order valence-electron chi connectivity index (χ4n) is 4.16. The number of hydrogen-bond donors (Lipinski definition) is 3. The van der Waals surface area contributed by atoms with Crippen LogP contribution in [0.3, 0.4) is 0 Å². The molecule has 3 N–H and O–H groups in total. The molecule has 1 aromatic carbocycles. The van der Waals surface area contributed by atoms with E-state index < -0.39 is 44.2 Å². The minimum Gasteiger partial charge on any atom is -0.432 e. The van der Waals surface area contributed by atoms with Crippen LogP contribution in [0.4, 0.5) is 8.78 Å². The molecule has 0 spiro atoms. The van der Waals surface area contributed by atoms with Gasteiger partial charge in [0.25, 0.3) is 11.5 Å². The third-order valence-corrected chi connectivity index (χ3v) is 8.87. The summed E-state index contributed by atoms with van der Waals surface area (Å²) in [6.07, 6.45) is -0.868. The molecule has 3 rings (SSSR count). The molecule has 12 heteroatoms. The van der Waals surface area contributed by atoms with E-state index in [-0.39, 0.29) is 31.6 Å². The summed E-state index contributed by atoms with van der Waals surface area (Å²) >= 11 is 0. The van der Waals surface area contributed by atoms with Gasteiger partial charge in [-0.05, 0) is 68.4 Å². The number of aromatic nitrogens is 1. The molecule has 198 valence electrons. The molecule has 1 fully saturated rings. The molecule has 9 nitrogen and oxygen atoms in total. The van der Waals surface area contributed by atoms with Gasteiger partial charge in [0.05, 0.1) is 12.0 Å². The van der Waals surface area contributed by atoms with Crippen LogP contribution in [0, 0.1) is 5.92 Å². The Bertz CT molecular complexity index is 1240. The highest BCUT2D eigenvalue weighted by molar-refractivity contribution is 7.92. The van der Waals surface area contributed by atoms with E-state index in [1.807, 2.05) is 0 Å². The normalized spacial score (nSPS) is 20.4. The maximum absolute atomic E-state index is 14.5.